The van der Waals surface area contributed by atoms with Gasteiger partial charge in [0, 0.05) is 13.0 Å². The SMILES string of the molecule is COC(=O)c1c(O)cccc1OCCCCNC(=O)[C@H](Cc1ccc(C2CC(=O)[N+]([O-])([O-])S2)c(C#N)c1)NC(=O)OCc1ccccc1. The Hall–Kier alpha value is -5.14. The highest BCUT2D eigenvalue weighted by atomic mass is 32.2. The van der Waals surface area contributed by atoms with Crippen LogP contribution in [0, 0.1) is 21.7 Å². The lowest BCUT2D eigenvalue weighted by Gasteiger charge is -2.36. The summed E-state index contributed by atoms with van der Waals surface area (Å²) < 4.78 is 13.3. The highest BCUT2D eigenvalue weighted by molar-refractivity contribution is 7.94. The van der Waals surface area contributed by atoms with Gasteiger partial charge in [0.05, 0.1) is 49.0 Å². The summed E-state index contributed by atoms with van der Waals surface area (Å²) in [5.41, 5.74) is 1.64. The Morgan fingerprint density at radius 1 is 1.08 bits per heavy atom. The molecule has 3 N–H and O–H groups in total. The average molecular weight is 678 g/mol. The molecular formula is C33H33N4O10S-. The van der Waals surface area contributed by atoms with E-state index < -0.39 is 39.4 Å². The van der Waals surface area contributed by atoms with Gasteiger partial charge in [0.15, 0.2) is 0 Å². The van der Waals surface area contributed by atoms with Crippen LogP contribution >= 0.6 is 11.9 Å². The van der Waals surface area contributed by atoms with E-state index in [4.69, 9.17) is 14.2 Å². The molecule has 0 aliphatic carbocycles. The number of esters is 1. The molecule has 0 radical (unpaired) electrons. The van der Waals surface area contributed by atoms with Crippen LogP contribution in [0.1, 0.15) is 57.1 Å². The number of phenols is 1. The second kappa shape index (κ2) is 16.6. The molecule has 1 unspecified atom stereocenters. The standard InChI is InChI=1S/C33H33N4O10S/c1-45-32(41)30-26(38)10-7-11-27(30)46-15-6-5-14-35-31(40)25(36-33(42)47-20-21-8-3-2-4-9-21)17-22-12-13-24(23(16-22)19-34)28-18-29(39)37(43,44)48-28/h2-4,7-13,16,25,28,38H,5-6,14-15,17-18,20H2,1H3,(H,35,40)(H,36,42)/q-1/t25-,28?/m0/s1. The van der Waals surface area contributed by atoms with Crippen LogP contribution in [0.25, 0.3) is 0 Å². The number of phenolic OH excluding ortho intramolecular Hbond substituents is 1. The first-order chi connectivity index (χ1) is 23.0. The minimum absolute atomic E-state index is 0.0254. The number of ether oxygens (including phenoxy) is 3. The third-order valence-electron chi connectivity index (χ3n) is 7.30. The normalized spacial score (nSPS) is 15.5. The average Bonchev–Trinajstić information content (AvgIpc) is 3.35. The fraction of sp³-hybridized carbons (Fsp3) is 0.303. The topological polar surface area (TPSA) is 210 Å². The number of quaternary nitrogens is 1. The van der Waals surface area contributed by atoms with Crippen LogP contribution in [0.2, 0.25) is 0 Å². The van der Waals surface area contributed by atoms with Crippen LogP contribution in [0.4, 0.5) is 4.79 Å². The van der Waals surface area contributed by atoms with Gasteiger partial charge in [-0.15, -0.1) is 0 Å². The zero-order valence-electron chi connectivity index (χ0n) is 25.9. The lowest BCUT2D eigenvalue weighted by Crippen LogP contribution is -2.48. The second-order valence-electron chi connectivity index (χ2n) is 10.7. The largest absolute Gasteiger partial charge is 0.612 e. The number of hydrogen-bond acceptors (Lipinski definition) is 12. The van der Waals surface area contributed by atoms with Crippen molar-refractivity contribution in [3.8, 4) is 17.6 Å². The molecule has 1 saturated heterocycles. The maximum absolute atomic E-state index is 13.3. The minimum Gasteiger partial charge on any atom is -0.612 e. The zero-order chi connectivity index (χ0) is 34.7. The molecule has 0 spiro atoms. The number of benzene rings is 3. The predicted octanol–water partition coefficient (Wildman–Crippen LogP) is 4.30. The molecule has 1 fully saturated rings. The van der Waals surface area contributed by atoms with E-state index in [1.807, 2.05) is 12.1 Å². The van der Waals surface area contributed by atoms with Gasteiger partial charge in [-0.2, -0.15) is 5.26 Å². The Morgan fingerprint density at radius 3 is 2.54 bits per heavy atom. The van der Waals surface area contributed by atoms with Crippen molar-refractivity contribution < 1.29 is 42.7 Å². The summed E-state index contributed by atoms with van der Waals surface area (Å²) in [6, 6.07) is 18.9. The number of hydroxylamine groups is 2. The molecule has 0 saturated carbocycles. The maximum atomic E-state index is 13.3. The first kappa shape index (κ1) is 35.7. The van der Waals surface area contributed by atoms with E-state index in [-0.39, 0.29) is 55.2 Å². The first-order valence-electron chi connectivity index (χ1n) is 14.9. The summed E-state index contributed by atoms with van der Waals surface area (Å²) in [5, 5.41) is 48.0. The number of alkyl carbamates (subject to hydrolysis) is 1. The number of nitrogens with zero attached hydrogens (tertiary/aromatic N) is 2. The number of carbonyl (C=O) groups excluding carboxylic acids is 4. The fourth-order valence-electron chi connectivity index (χ4n) is 4.85. The molecular weight excluding hydrogens is 644 g/mol. The molecule has 0 aromatic heterocycles. The molecule has 3 aromatic carbocycles. The number of nitriles is 1. The molecule has 0 bridgehead atoms. The van der Waals surface area contributed by atoms with Gasteiger partial charge in [0.2, 0.25) is 5.91 Å². The van der Waals surface area contributed by atoms with Gasteiger partial charge >= 0.3 is 18.0 Å². The number of rotatable bonds is 14. The predicted molar refractivity (Wildman–Crippen MR) is 173 cm³/mol. The Balaban J connectivity index is 1.38. The quantitative estimate of drug-likeness (QED) is 0.0717. The van der Waals surface area contributed by atoms with E-state index in [0.29, 0.717) is 35.9 Å². The first-order valence-corrected chi connectivity index (χ1v) is 15.7. The van der Waals surface area contributed by atoms with Crippen LogP contribution in [-0.4, -0.2) is 59.5 Å². The fourth-order valence-corrected chi connectivity index (χ4v) is 5.92. The maximum Gasteiger partial charge on any atom is 0.408 e. The molecule has 3 aromatic rings. The molecule has 4 rings (SSSR count). The molecule has 14 nitrogen and oxygen atoms in total. The van der Waals surface area contributed by atoms with E-state index >= 15 is 0 Å². The number of hydrogen-bond donors (Lipinski definition) is 3. The third kappa shape index (κ3) is 9.46. The van der Waals surface area contributed by atoms with Gasteiger partial charge in [-0.05, 0) is 47.7 Å². The van der Waals surface area contributed by atoms with Crippen molar-refractivity contribution >= 4 is 35.8 Å². The highest BCUT2D eigenvalue weighted by Crippen LogP contribution is 2.47. The number of amides is 3. The van der Waals surface area contributed by atoms with Crippen LogP contribution in [-0.2, 0) is 32.1 Å². The molecule has 252 valence electrons. The van der Waals surface area contributed by atoms with Crippen LogP contribution < -0.4 is 15.4 Å². The Labute approximate surface area is 280 Å². The van der Waals surface area contributed by atoms with Crippen molar-refractivity contribution in [2.24, 2.45) is 0 Å². The number of aromatic hydroxyl groups is 1. The summed E-state index contributed by atoms with van der Waals surface area (Å²) in [5.74, 6) is -2.42. The van der Waals surface area contributed by atoms with Gasteiger partial charge in [-0.3, -0.25) is 9.01 Å². The zero-order valence-corrected chi connectivity index (χ0v) is 26.7. The van der Waals surface area contributed by atoms with Crippen LogP contribution in [0.15, 0.2) is 66.7 Å². The lowest BCUT2D eigenvalue weighted by molar-refractivity contribution is -0.593. The van der Waals surface area contributed by atoms with Gasteiger partial charge in [-0.25, -0.2) is 14.4 Å². The number of methoxy groups -OCH3 is 1. The van der Waals surface area contributed by atoms with E-state index in [2.05, 4.69) is 10.6 Å². The number of unbranched alkanes of at least 4 members (excludes halogenated alkanes) is 1. The summed E-state index contributed by atoms with van der Waals surface area (Å²) >= 11 is 0.359. The Kier molecular flexibility index (Phi) is 12.4. The molecule has 1 heterocycles. The molecule has 15 heteroatoms. The van der Waals surface area contributed by atoms with Gasteiger partial charge in [0.25, 0.3) is 0 Å². The number of nitrogens with one attached hydrogen (secondary N) is 2. The van der Waals surface area contributed by atoms with Gasteiger partial charge < -0.3 is 40.4 Å². The molecule has 1 aliphatic rings. The minimum atomic E-state index is -2.33. The summed E-state index contributed by atoms with van der Waals surface area (Å²) in [6.07, 6.45) is -0.240. The summed E-state index contributed by atoms with van der Waals surface area (Å²) in [6.45, 7) is 0.356. The summed E-state index contributed by atoms with van der Waals surface area (Å²) in [4.78, 5) is 49.8. The molecule has 48 heavy (non-hydrogen) atoms. The monoisotopic (exact) mass is 677 g/mol. The molecule has 2 atom stereocenters. The van der Waals surface area contributed by atoms with Gasteiger partial charge in [-0.1, -0.05) is 48.5 Å². The van der Waals surface area contributed by atoms with Gasteiger partial charge in [0.1, 0.15) is 29.7 Å². The van der Waals surface area contributed by atoms with Crippen molar-refractivity contribution in [1.82, 2.24) is 10.6 Å². The van der Waals surface area contributed by atoms with Crippen LogP contribution in [0.3, 0.4) is 0 Å². The van der Waals surface area contributed by atoms with Crippen molar-refractivity contribution in [3.63, 3.8) is 0 Å². The smallest absolute Gasteiger partial charge is 0.408 e. The second-order valence-corrected chi connectivity index (χ2v) is 11.9. The Morgan fingerprint density at radius 2 is 1.85 bits per heavy atom. The van der Waals surface area contributed by atoms with Crippen LogP contribution in [0.5, 0.6) is 11.5 Å². The molecule has 3 amide bonds. The molecule has 1 aliphatic heterocycles. The van der Waals surface area contributed by atoms with Crippen molar-refractivity contribution in [2.45, 2.75) is 43.6 Å². The number of carbonyl (C=O) groups is 4. The van der Waals surface area contributed by atoms with E-state index in [1.165, 1.54) is 37.4 Å². The van der Waals surface area contributed by atoms with E-state index in [9.17, 15) is 40.0 Å². The van der Waals surface area contributed by atoms with Crippen molar-refractivity contribution in [1.29, 1.82) is 5.26 Å². The Bertz CT molecular complexity index is 1680. The van der Waals surface area contributed by atoms with E-state index in [1.54, 1.807) is 30.3 Å². The van der Waals surface area contributed by atoms with Crippen molar-refractivity contribution in [2.75, 3.05) is 20.3 Å². The van der Waals surface area contributed by atoms with Crippen molar-refractivity contribution in [3.05, 3.63) is 105 Å². The third-order valence-corrected chi connectivity index (χ3v) is 8.46. The van der Waals surface area contributed by atoms with E-state index in [0.717, 1.165) is 5.56 Å². The highest BCUT2D eigenvalue weighted by Gasteiger charge is 2.39. The summed E-state index contributed by atoms with van der Waals surface area (Å²) in [7, 11) is 1.19. The lowest BCUT2D eigenvalue weighted by atomic mass is 9.97.